The zero-order valence-corrected chi connectivity index (χ0v) is 12.0. The van der Waals surface area contributed by atoms with Crippen LogP contribution in [-0.2, 0) is 4.79 Å². The van der Waals surface area contributed by atoms with E-state index in [9.17, 15) is 4.79 Å². The average Bonchev–Trinajstić information content (AvgIpc) is 2.27. The summed E-state index contributed by atoms with van der Waals surface area (Å²) in [5.74, 6) is 0.0391. The monoisotopic (exact) mass is 298 g/mol. The van der Waals surface area contributed by atoms with Crippen molar-refractivity contribution in [3.05, 3.63) is 34.3 Å². The van der Waals surface area contributed by atoms with Crippen molar-refractivity contribution in [3.63, 3.8) is 0 Å². The van der Waals surface area contributed by atoms with Crippen LogP contribution in [0.1, 0.15) is 32.4 Å². The molecule has 0 saturated heterocycles. The van der Waals surface area contributed by atoms with E-state index in [1.807, 2.05) is 45.0 Å². The van der Waals surface area contributed by atoms with E-state index < -0.39 is 6.04 Å². The second-order valence-electron chi connectivity index (χ2n) is 4.56. The van der Waals surface area contributed by atoms with Crippen LogP contribution in [0.15, 0.2) is 28.7 Å². The van der Waals surface area contributed by atoms with Gasteiger partial charge >= 0.3 is 0 Å². The fourth-order valence-electron chi connectivity index (χ4n) is 1.47. The van der Waals surface area contributed by atoms with Gasteiger partial charge in [-0.1, -0.05) is 41.9 Å². The van der Waals surface area contributed by atoms with E-state index in [-0.39, 0.29) is 17.9 Å². The molecule has 0 aliphatic carbocycles. The van der Waals surface area contributed by atoms with Crippen LogP contribution in [0.3, 0.4) is 0 Å². The molecule has 0 aromatic heterocycles. The number of halogens is 1. The Hall–Kier alpha value is -0.870. The zero-order valence-electron chi connectivity index (χ0n) is 10.4. The molecule has 4 heteroatoms. The standard InChI is InChI=1S/C13H19BrN2O/c1-8(2)12(15)13(17)16-9(3)10-5-4-6-11(14)7-10/h4-9,12H,15H2,1-3H3,(H,16,17)/t9?,12-/m0/s1. The largest absolute Gasteiger partial charge is 0.348 e. The van der Waals surface area contributed by atoms with Crippen LogP contribution in [0.5, 0.6) is 0 Å². The maximum atomic E-state index is 11.8. The van der Waals surface area contributed by atoms with Crippen molar-refractivity contribution < 1.29 is 4.79 Å². The van der Waals surface area contributed by atoms with E-state index in [1.165, 1.54) is 0 Å². The van der Waals surface area contributed by atoms with Gasteiger partial charge in [0, 0.05) is 4.47 Å². The summed E-state index contributed by atoms with van der Waals surface area (Å²) in [4.78, 5) is 11.8. The molecule has 0 aliphatic heterocycles. The third kappa shape index (κ3) is 4.13. The molecule has 1 aromatic carbocycles. The van der Waals surface area contributed by atoms with Crippen molar-refractivity contribution in [3.8, 4) is 0 Å². The smallest absolute Gasteiger partial charge is 0.237 e. The van der Waals surface area contributed by atoms with Gasteiger partial charge in [-0.3, -0.25) is 4.79 Å². The highest BCUT2D eigenvalue weighted by Gasteiger charge is 2.19. The molecule has 0 bridgehead atoms. The fourth-order valence-corrected chi connectivity index (χ4v) is 1.89. The molecule has 0 saturated carbocycles. The number of nitrogens with two attached hydrogens (primary N) is 1. The third-order valence-electron chi connectivity index (χ3n) is 2.73. The number of carbonyl (C=O) groups excluding carboxylic acids is 1. The molecule has 1 amide bonds. The number of hydrogen-bond donors (Lipinski definition) is 2. The molecule has 0 aliphatic rings. The lowest BCUT2D eigenvalue weighted by molar-refractivity contribution is -0.123. The maximum Gasteiger partial charge on any atom is 0.237 e. The molecule has 94 valence electrons. The van der Waals surface area contributed by atoms with Crippen molar-refractivity contribution in [2.75, 3.05) is 0 Å². The molecule has 1 aromatic rings. The molecular weight excluding hydrogens is 280 g/mol. The Balaban J connectivity index is 2.66. The molecular formula is C13H19BrN2O. The van der Waals surface area contributed by atoms with Crippen molar-refractivity contribution >= 4 is 21.8 Å². The lowest BCUT2D eigenvalue weighted by atomic mass is 10.0. The summed E-state index contributed by atoms with van der Waals surface area (Å²) in [6.45, 7) is 5.83. The average molecular weight is 299 g/mol. The third-order valence-corrected chi connectivity index (χ3v) is 3.22. The summed E-state index contributed by atoms with van der Waals surface area (Å²) in [5, 5.41) is 2.92. The first-order chi connectivity index (χ1) is 7.91. The minimum Gasteiger partial charge on any atom is -0.348 e. The van der Waals surface area contributed by atoms with E-state index in [0.29, 0.717) is 0 Å². The summed E-state index contributed by atoms with van der Waals surface area (Å²) >= 11 is 3.41. The molecule has 3 nitrogen and oxygen atoms in total. The minimum absolute atomic E-state index is 0.0372. The van der Waals surface area contributed by atoms with Gasteiger partial charge in [0.15, 0.2) is 0 Å². The number of hydrogen-bond acceptors (Lipinski definition) is 2. The summed E-state index contributed by atoms with van der Waals surface area (Å²) in [6.07, 6.45) is 0. The fraction of sp³-hybridized carbons (Fsp3) is 0.462. The van der Waals surface area contributed by atoms with Crippen LogP contribution >= 0.6 is 15.9 Å². The van der Waals surface area contributed by atoms with E-state index in [4.69, 9.17) is 5.73 Å². The van der Waals surface area contributed by atoms with Crippen molar-refractivity contribution in [2.24, 2.45) is 11.7 Å². The van der Waals surface area contributed by atoms with Crippen LogP contribution in [-0.4, -0.2) is 11.9 Å². The van der Waals surface area contributed by atoms with Crippen molar-refractivity contribution in [1.82, 2.24) is 5.32 Å². The quantitative estimate of drug-likeness (QED) is 0.898. The Morgan fingerprint density at radius 3 is 2.53 bits per heavy atom. The van der Waals surface area contributed by atoms with E-state index in [1.54, 1.807) is 0 Å². The van der Waals surface area contributed by atoms with Gasteiger partial charge in [-0.25, -0.2) is 0 Å². The van der Waals surface area contributed by atoms with Crippen LogP contribution < -0.4 is 11.1 Å². The van der Waals surface area contributed by atoms with Gasteiger partial charge in [-0.2, -0.15) is 0 Å². The Morgan fingerprint density at radius 2 is 2.00 bits per heavy atom. The molecule has 0 heterocycles. The SMILES string of the molecule is CC(NC(=O)[C@@H](N)C(C)C)c1cccc(Br)c1. The van der Waals surface area contributed by atoms with E-state index in [0.717, 1.165) is 10.0 Å². The predicted octanol–water partition coefficient (Wildman–Crippen LogP) is 2.61. The van der Waals surface area contributed by atoms with Gasteiger partial charge < -0.3 is 11.1 Å². The van der Waals surface area contributed by atoms with Gasteiger partial charge in [-0.05, 0) is 30.5 Å². The van der Waals surface area contributed by atoms with Gasteiger partial charge in [0.2, 0.25) is 5.91 Å². The summed E-state index contributed by atoms with van der Waals surface area (Å²) in [7, 11) is 0. The normalized spacial score (nSPS) is 14.5. The molecule has 1 rings (SSSR count). The second-order valence-corrected chi connectivity index (χ2v) is 5.47. The Kier molecular flexibility index (Phi) is 5.15. The lowest BCUT2D eigenvalue weighted by Gasteiger charge is -2.20. The van der Waals surface area contributed by atoms with Gasteiger partial charge in [0.05, 0.1) is 12.1 Å². The van der Waals surface area contributed by atoms with Crippen LogP contribution in [0.4, 0.5) is 0 Å². The lowest BCUT2D eigenvalue weighted by Crippen LogP contribution is -2.44. The number of nitrogens with one attached hydrogen (secondary N) is 1. The molecule has 0 fully saturated rings. The van der Waals surface area contributed by atoms with Gasteiger partial charge in [0.1, 0.15) is 0 Å². The van der Waals surface area contributed by atoms with Crippen LogP contribution in [0.2, 0.25) is 0 Å². The van der Waals surface area contributed by atoms with Gasteiger partial charge in [0.25, 0.3) is 0 Å². The summed E-state index contributed by atoms with van der Waals surface area (Å²) in [6, 6.07) is 7.39. The van der Waals surface area contributed by atoms with Crippen LogP contribution in [0.25, 0.3) is 0 Å². The van der Waals surface area contributed by atoms with Crippen molar-refractivity contribution in [1.29, 1.82) is 0 Å². The highest BCUT2D eigenvalue weighted by molar-refractivity contribution is 9.10. The number of rotatable bonds is 4. The Labute approximate surface area is 111 Å². The minimum atomic E-state index is -0.454. The molecule has 17 heavy (non-hydrogen) atoms. The molecule has 3 N–H and O–H groups in total. The Morgan fingerprint density at radius 1 is 1.35 bits per heavy atom. The maximum absolute atomic E-state index is 11.8. The summed E-state index contributed by atoms with van der Waals surface area (Å²) in [5.41, 5.74) is 6.85. The predicted molar refractivity (Wildman–Crippen MR) is 73.5 cm³/mol. The van der Waals surface area contributed by atoms with E-state index in [2.05, 4.69) is 21.2 Å². The molecule has 2 atom stereocenters. The number of carbonyl (C=O) groups is 1. The molecule has 1 unspecified atom stereocenters. The number of benzene rings is 1. The first kappa shape index (κ1) is 14.2. The molecule has 0 spiro atoms. The Bertz CT molecular complexity index is 393. The summed E-state index contributed by atoms with van der Waals surface area (Å²) < 4.78 is 1.00. The zero-order chi connectivity index (χ0) is 13.0. The van der Waals surface area contributed by atoms with Crippen molar-refractivity contribution in [2.45, 2.75) is 32.9 Å². The van der Waals surface area contributed by atoms with E-state index >= 15 is 0 Å². The molecule has 0 radical (unpaired) electrons. The highest BCUT2D eigenvalue weighted by atomic mass is 79.9. The topological polar surface area (TPSA) is 55.1 Å². The second kappa shape index (κ2) is 6.17. The highest BCUT2D eigenvalue weighted by Crippen LogP contribution is 2.18. The first-order valence-electron chi connectivity index (χ1n) is 5.73. The number of amides is 1. The van der Waals surface area contributed by atoms with Gasteiger partial charge in [-0.15, -0.1) is 0 Å². The first-order valence-corrected chi connectivity index (χ1v) is 6.52. The van der Waals surface area contributed by atoms with Crippen LogP contribution in [0, 0.1) is 5.92 Å².